The minimum atomic E-state index is -0.787. The molecule has 30 heavy (non-hydrogen) atoms. The minimum absolute atomic E-state index is 0.234. The molecule has 0 aliphatic heterocycles. The number of carbonyl (C=O) groups is 4. The Morgan fingerprint density at radius 2 is 1.13 bits per heavy atom. The van der Waals surface area contributed by atoms with E-state index >= 15 is 0 Å². The van der Waals surface area contributed by atoms with Crippen molar-refractivity contribution in [3.05, 3.63) is 24.3 Å². The molecule has 0 saturated carbocycles. The quantitative estimate of drug-likeness (QED) is 0.309. The molecule has 1 unspecified atom stereocenters. The van der Waals surface area contributed by atoms with Gasteiger partial charge in [-0.2, -0.15) is 0 Å². The fraction of sp³-hybridized carbons (Fsp3) is 0.619. The van der Waals surface area contributed by atoms with Gasteiger partial charge in [0.15, 0.2) is 0 Å². The van der Waals surface area contributed by atoms with Crippen LogP contribution >= 0.6 is 0 Å². The van der Waals surface area contributed by atoms with Crippen molar-refractivity contribution in [2.24, 2.45) is 0 Å². The highest BCUT2D eigenvalue weighted by Crippen LogP contribution is 2.08. The van der Waals surface area contributed by atoms with Crippen LogP contribution in [0.5, 0.6) is 0 Å². The van der Waals surface area contributed by atoms with E-state index in [1.54, 1.807) is 60.5 Å². The highest BCUT2D eigenvalue weighted by Gasteiger charge is 2.18. The number of carbonyl (C=O) groups excluding carboxylic acids is 4. The third-order valence-electron chi connectivity index (χ3n) is 2.79. The summed E-state index contributed by atoms with van der Waals surface area (Å²) in [7, 11) is 3.50. The lowest BCUT2D eigenvalue weighted by Crippen LogP contribution is -2.34. The molecule has 9 heteroatoms. The standard InChI is InChI=1S/C21H33NO8/c1-20(2,3)29-18(25)11-9-16(23)27-14-15(13-22(7)8)28-17(24)10-12-19(26)30-21(4,5)6/h9-12,15H,13-14H2,1-8H3/b11-9+,12-10+. The fourth-order valence-electron chi connectivity index (χ4n) is 1.90. The SMILES string of the molecule is CN(C)CC(COC(=O)/C=C/C(=O)OC(C)(C)C)OC(=O)/C=C/C(=O)OC(C)(C)C. The van der Waals surface area contributed by atoms with Gasteiger partial charge in [0, 0.05) is 30.8 Å². The molecule has 0 heterocycles. The first-order chi connectivity index (χ1) is 13.6. The molecule has 0 aliphatic rings. The van der Waals surface area contributed by atoms with Crippen molar-refractivity contribution in [2.75, 3.05) is 27.2 Å². The van der Waals surface area contributed by atoms with Crippen LogP contribution in [0.15, 0.2) is 24.3 Å². The predicted octanol–water partition coefficient (Wildman–Crippen LogP) is 1.80. The first-order valence-electron chi connectivity index (χ1n) is 9.41. The summed E-state index contributed by atoms with van der Waals surface area (Å²) in [5.74, 6) is -2.93. The van der Waals surface area contributed by atoms with Crippen LogP contribution < -0.4 is 0 Å². The summed E-state index contributed by atoms with van der Waals surface area (Å²) in [5, 5.41) is 0. The van der Waals surface area contributed by atoms with Gasteiger partial charge < -0.3 is 23.8 Å². The Hall–Kier alpha value is -2.68. The largest absolute Gasteiger partial charge is 0.459 e. The molecule has 0 aromatic heterocycles. The molecule has 0 N–H and O–H groups in total. The molecule has 0 saturated heterocycles. The van der Waals surface area contributed by atoms with Crippen LogP contribution in [-0.4, -0.2) is 73.3 Å². The lowest BCUT2D eigenvalue weighted by atomic mass is 10.2. The molecule has 0 bridgehead atoms. The van der Waals surface area contributed by atoms with Gasteiger partial charge in [-0.15, -0.1) is 0 Å². The smallest absolute Gasteiger partial charge is 0.331 e. The van der Waals surface area contributed by atoms with Crippen LogP contribution in [0.1, 0.15) is 41.5 Å². The summed E-state index contributed by atoms with van der Waals surface area (Å²) in [4.78, 5) is 48.7. The van der Waals surface area contributed by atoms with Crippen LogP contribution in [0.4, 0.5) is 0 Å². The molecule has 0 rings (SSSR count). The van der Waals surface area contributed by atoms with Crippen LogP contribution in [0, 0.1) is 0 Å². The summed E-state index contributed by atoms with van der Waals surface area (Å²) in [5.41, 5.74) is -1.36. The summed E-state index contributed by atoms with van der Waals surface area (Å²) >= 11 is 0. The Balaban J connectivity index is 4.71. The number of ether oxygens (including phenoxy) is 4. The molecule has 170 valence electrons. The van der Waals surface area contributed by atoms with Gasteiger partial charge in [-0.05, 0) is 55.6 Å². The third-order valence-corrected chi connectivity index (χ3v) is 2.79. The maximum atomic E-state index is 11.9. The lowest BCUT2D eigenvalue weighted by molar-refractivity contribution is -0.154. The Labute approximate surface area is 178 Å². The van der Waals surface area contributed by atoms with E-state index in [9.17, 15) is 19.2 Å². The topological polar surface area (TPSA) is 108 Å². The molecule has 0 amide bonds. The van der Waals surface area contributed by atoms with Gasteiger partial charge >= 0.3 is 23.9 Å². The third kappa shape index (κ3) is 16.3. The molecule has 1 atom stereocenters. The van der Waals surface area contributed by atoms with Crippen molar-refractivity contribution >= 4 is 23.9 Å². The summed E-state index contributed by atoms with van der Waals surface area (Å²) in [6.07, 6.45) is 3.03. The van der Waals surface area contributed by atoms with Crippen molar-refractivity contribution in [3.8, 4) is 0 Å². The van der Waals surface area contributed by atoms with Gasteiger partial charge in [0.1, 0.15) is 23.9 Å². The Morgan fingerprint density at radius 3 is 1.53 bits per heavy atom. The van der Waals surface area contributed by atoms with Crippen molar-refractivity contribution in [1.82, 2.24) is 4.90 Å². The maximum absolute atomic E-state index is 11.9. The second kappa shape index (κ2) is 12.1. The second-order valence-corrected chi connectivity index (χ2v) is 8.68. The Morgan fingerprint density at radius 1 is 0.733 bits per heavy atom. The molecule has 0 aliphatic carbocycles. The van der Waals surface area contributed by atoms with Crippen LogP contribution in [0.2, 0.25) is 0 Å². The van der Waals surface area contributed by atoms with Crippen LogP contribution in [-0.2, 0) is 38.1 Å². The van der Waals surface area contributed by atoms with Gasteiger partial charge in [-0.25, -0.2) is 19.2 Å². The Kier molecular flexibility index (Phi) is 11.0. The minimum Gasteiger partial charge on any atom is -0.459 e. The van der Waals surface area contributed by atoms with E-state index in [1.807, 2.05) is 0 Å². The zero-order valence-corrected chi connectivity index (χ0v) is 19.0. The lowest BCUT2D eigenvalue weighted by Gasteiger charge is -2.20. The van der Waals surface area contributed by atoms with Gasteiger partial charge in [0.25, 0.3) is 0 Å². The number of rotatable bonds is 9. The van der Waals surface area contributed by atoms with E-state index in [0.717, 1.165) is 24.3 Å². The van der Waals surface area contributed by atoms with Crippen molar-refractivity contribution in [2.45, 2.75) is 58.8 Å². The molecule has 0 fully saturated rings. The number of hydrogen-bond donors (Lipinski definition) is 0. The fourth-order valence-corrected chi connectivity index (χ4v) is 1.90. The molecule has 0 aromatic rings. The van der Waals surface area contributed by atoms with Crippen LogP contribution in [0.3, 0.4) is 0 Å². The van der Waals surface area contributed by atoms with Crippen LogP contribution in [0.25, 0.3) is 0 Å². The van der Waals surface area contributed by atoms with E-state index in [-0.39, 0.29) is 13.2 Å². The number of likely N-dealkylation sites (N-methyl/N-ethyl adjacent to an activating group) is 1. The zero-order valence-electron chi connectivity index (χ0n) is 19.0. The average molecular weight is 427 g/mol. The highest BCUT2D eigenvalue weighted by molar-refractivity contribution is 5.92. The number of nitrogens with zero attached hydrogens (tertiary/aromatic N) is 1. The van der Waals surface area contributed by atoms with E-state index in [4.69, 9.17) is 18.9 Å². The number of hydrogen-bond acceptors (Lipinski definition) is 9. The molecule has 0 aromatic carbocycles. The predicted molar refractivity (Wildman–Crippen MR) is 109 cm³/mol. The molecule has 0 radical (unpaired) electrons. The van der Waals surface area contributed by atoms with E-state index in [0.29, 0.717) is 0 Å². The summed E-state index contributed by atoms with van der Waals surface area (Å²) in [6.45, 7) is 10.3. The van der Waals surface area contributed by atoms with Crippen molar-refractivity contribution in [3.63, 3.8) is 0 Å². The maximum Gasteiger partial charge on any atom is 0.331 e. The average Bonchev–Trinajstić information content (AvgIpc) is 2.52. The second-order valence-electron chi connectivity index (χ2n) is 8.68. The molecule has 0 spiro atoms. The van der Waals surface area contributed by atoms with Gasteiger partial charge in [-0.1, -0.05) is 0 Å². The Bertz CT molecular complexity index is 665. The van der Waals surface area contributed by atoms with Crippen molar-refractivity contribution < 1.29 is 38.1 Å². The first-order valence-corrected chi connectivity index (χ1v) is 9.41. The zero-order chi connectivity index (χ0) is 23.5. The normalized spacial score (nSPS) is 13.4. The first kappa shape index (κ1) is 27.3. The summed E-state index contributed by atoms with van der Waals surface area (Å²) < 4.78 is 20.3. The van der Waals surface area contributed by atoms with Gasteiger partial charge in [0.05, 0.1) is 0 Å². The summed E-state index contributed by atoms with van der Waals surface area (Å²) in [6, 6.07) is 0. The van der Waals surface area contributed by atoms with Gasteiger partial charge in [0.2, 0.25) is 0 Å². The van der Waals surface area contributed by atoms with E-state index in [2.05, 4.69) is 0 Å². The molecular formula is C21H33NO8. The molecule has 9 nitrogen and oxygen atoms in total. The molecular weight excluding hydrogens is 394 g/mol. The van der Waals surface area contributed by atoms with Gasteiger partial charge in [-0.3, -0.25) is 0 Å². The number of esters is 4. The highest BCUT2D eigenvalue weighted by atomic mass is 16.6. The van der Waals surface area contributed by atoms with Crippen molar-refractivity contribution in [1.29, 1.82) is 0 Å². The van der Waals surface area contributed by atoms with E-state index < -0.39 is 41.2 Å². The monoisotopic (exact) mass is 427 g/mol. The van der Waals surface area contributed by atoms with E-state index in [1.165, 1.54) is 0 Å².